The fourth-order valence-electron chi connectivity index (χ4n) is 4.21. The zero-order valence-corrected chi connectivity index (χ0v) is 22.1. The lowest BCUT2D eigenvalue weighted by Crippen LogP contribution is -2.23. The molecular weight excluding hydrogens is 527 g/mol. The smallest absolute Gasteiger partial charge is 0.490 e. The molecule has 1 aliphatic heterocycles. The summed E-state index contributed by atoms with van der Waals surface area (Å²) in [5.74, 6) is -1.85. The van der Waals surface area contributed by atoms with Crippen molar-refractivity contribution in [3.63, 3.8) is 0 Å². The summed E-state index contributed by atoms with van der Waals surface area (Å²) in [6, 6.07) is 22.7. The zero-order chi connectivity index (χ0) is 29.1. The first-order chi connectivity index (χ1) is 19.0. The zero-order valence-electron chi connectivity index (χ0n) is 22.1. The molecule has 0 aromatic heterocycles. The van der Waals surface area contributed by atoms with Crippen LogP contribution in [0.4, 0.5) is 18.9 Å². The Morgan fingerprint density at radius 1 is 0.875 bits per heavy atom. The predicted octanol–water partition coefficient (Wildman–Crippen LogP) is 6.27. The van der Waals surface area contributed by atoms with Gasteiger partial charge in [0, 0.05) is 31.3 Å². The van der Waals surface area contributed by atoms with Crippen molar-refractivity contribution in [2.75, 3.05) is 18.6 Å². The number of fused-ring (bicyclic) bond motifs is 1. The summed E-state index contributed by atoms with van der Waals surface area (Å²) >= 11 is 0. The van der Waals surface area contributed by atoms with Crippen LogP contribution in [-0.2, 0) is 35.6 Å². The van der Waals surface area contributed by atoms with Gasteiger partial charge in [-0.3, -0.25) is 4.79 Å². The number of aliphatic carboxylic acids is 2. The molecule has 10 heteroatoms. The highest BCUT2D eigenvalue weighted by Crippen LogP contribution is 2.31. The second kappa shape index (κ2) is 14.3. The number of methoxy groups -OCH3 is 1. The van der Waals surface area contributed by atoms with E-state index in [1.54, 1.807) is 7.11 Å². The maximum Gasteiger partial charge on any atom is 0.490 e. The molecule has 0 bridgehead atoms. The Balaban J connectivity index is 0.000000559. The molecule has 1 aliphatic rings. The third-order valence-electron chi connectivity index (χ3n) is 6.35. The van der Waals surface area contributed by atoms with Gasteiger partial charge in [-0.15, -0.1) is 0 Å². The van der Waals surface area contributed by atoms with Crippen molar-refractivity contribution < 1.29 is 42.4 Å². The van der Waals surface area contributed by atoms with Crippen LogP contribution in [0.3, 0.4) is 0 Å². The molecule has 214 valence electrons. The van der Waals surface area contributed by atoms with Gasteiger partial charge in [-0.1, -0.05) is 42.5 Å². The molecule has 0 amide bonds. The fourth-order valence-corrected chi connectivity index (χ4v) is 4.21. The molecule has 3 aromatic rings. The maximum absolute atomic E-state index is 10.7. The molecule has 7 nitrogen and oxygen atoms in total. The van der Waals surface area contributed by atoms with Crippen LogP contribution in [-0.4, -0.2) is 42.0 Å². The summed E-state index contributed by atoms with van der Waals surface area (Å²) in [5, 5.41) is 15.9. The number of nitrogens with zero attached hydrogens (tertiary/aromatic N) is 1. The second-order valence-electron chi connectivity index (χ2n) is 9.32. The number of benzene rings is 3. The Morgan fingerprint density at radius 2 is 1.48 bits per heavy atom. The van der Waals surface area contributed by atoms with Gasteiger partial charge < -0.3 is 24.6 Å². The SMILES string of the molecule is COc1ccc2c(c1)N(Cc1ccc(COc3ccc(CCC(=O)O)cc3)cc1)CCCC2.O=C(O)C(F)(F)F. The van der Waals surface area contributed by atoms with E-state index in [0.29, 0.717) is 13.0 Å². The first-order valence-electron chi connectivity index (χ1n) is 12.8. The first-order valence-corrected chi connectivity index (χ1v) is 12.8. The van der Waals surface area contributed by atoms with Gasteiger partial charge in [0.15, 0.2) is 0 Å². The highest BCUT2D eigenvalue weighted by Gasteiger charge is 2.38. The van der Waals surface area contributed by atoms with Crippen LogP contribution >= 0.6 is 0 Å². The van der Waals surface area contributed by atoms with Crippen molar-refractivity contribution in [1.82, 2.24) is 0 Å². The fraction of sp³-hybridized carbons (Fsp3) is 0.333. The Hall–Kier alpha value is -4.21. The van der Waals surface area contributed by atoms with Crippen molar-refractivity contribution in [1.29, 1.82) is 0 Å². The number of halogens is 3. The number of alkyl halides is 3. The minimum Gasteiger partial charge on any atom is -0.497 e. The van der Waals surface area contributed by atoms with Gasteiger partial charge >= 0.3 is 18.1 Å². The largest absolute Gasteiger partial charge is 0.497 e. The van der Waals surface area contributed by atoms with E-state index in [0.717, 1.165) is 42.1 Å². The normalized spacial score (nSPS) is 12.8. The average molecular weight is 560 g/mol. The Labute approximate surface area is 230 Å². The van der Waals surface area contributed by atoms with Gasteiger partial charge in [0.2, 0.25) is 0 Å². The highest BCUT2D eigenvalue weighted by molar-refractivity contribution is 5.73. The third-order valence-corrected chi connectivity index (χ3v) is 6.35. The standard InChI is InChI=1S/C28H31NO4.C2HF3O2/c1-32-26-15-12-24-4-2-3-17-29(27(24)18-26)19-22-5-7-23(8-6-22)20-33-25-13-9-21(10-14-25)11-16-28(30)31;3-2(4,5)1(6)7/h5-10,12-15,18H,2-4,11,16-17,19-20H2,1H3,(H,30,31);(H,6,7). The third kappa shape index (κ3) is 9.52. The van der Waals surface area contributed by atoms with Gasteiger partial charge in [0.25, 0.3) is 0 Å². The molecular formula is C30H32F3NO6. The summed E-state index contributed by atoms with van der Waals surface area (Å²) in [5.41, 5.74) is 6.07. The molecule has 0 atom stereocenters. The van der Waals surface area contributed by atoms with Gasteiger partial charge in [-0.2, -0.15) is 13.2 Å². The van der Waals surface area contributed by atoms with E-state index in [1.807, 2.05) is 24.3 Å². The molecule has 0 fully saturated rings. The van der Waals surface area contributed by atoms with E-state index >= 15 is 0 Å². The van der Waals surface area contributed by atoms with E-state index < -0.39 is 18.1 Å². The maximum atomic E-state index is 10.7. The van der Waals surface area contributed by atoms with Crippen molar-refractivity contribution in [2.45, 2.75) is 51.4 Å². The van der Waals surface area contributed by atoms with Crippen LogP contribution in [0.15, 0.2) is 66.7 Å². The van der Waals surface area contributed by atoms with E-state index in [9.17, 15) is 18.0 Å². The molecule has 1 heterocycles. The number of carboxylic acid groups (broad SMARTS) is 2. The summed E-state index contributed by atoms with van der Waals surface area (Å²) in [4.78, 5) is 22.1. The van der Waals surface area contributed by atoms with E-state index in [-0.39, 0.29) is 6.42 Å². The van der Waals surface area contributed by atoms with Gasteiger partial charge in [-0.25, -0.2) is 4.79 Å². The minimum atomic E-state index is -5.08. The van der Waals surface area contributed by atoms with Gasteiger partial charge in [0.1, 0.15) is 18.1 Å². The van der Waals surface area contributed by atoms with Crippen LogP contribution in [0.25, 0.3) is 0 Å². The molecule has 0 unspecified atom stereocenters. The molecule has 3 aromatic carbocycles. The molecule has 0 saturated heterocycles. The summed E-state index contributed by atoms with van der Waals surface area (Å²) in [7, 11) is 1.72. The molecule has 0 aliphatic carbocycles. The predicted molar refractivity (Wildman–Crippen MR) is 144 cm³/mol. The van der Waals surface area contributed by atoms with Crippen molar-refractivity contribution in [2.24, 2.45) is 0 Å². The highest BCUT2D eigenvalue weighted by atomic mass is 19.4. The van der Waals surface area contributed by atoms with E-state index in [1.165, 1.54) is 29.7 Å². The summed E-state index contributed by atoms with van der Waals surface area (Å²) < 4.78 is 43.1. The molecule has 40 heavy (non-hydrogen) atoms. The lowest BCUT2D eigenvalue weighted by molar-refractivity contribution is -0.192. The topological polar surface area (TPSA) is 96.3 Å². The van der Waals surface area contributed by atoms with Gasteiger partial charge in [0.05, 0.1) is 7.11 Å². The van der Waals surface area contributed by atoms with E-state index in [2.05, 4.69) is 47.4 Å². The molecule has 2 N–H and O–H groups in total. The number of anilines is 1. The molecule has 4 rings (SSSR count). The summed E-state index contributed by atoms with van der Waals surface area (Å²) in [6.07, 6.45) is -0.883. The van der Waals surface area contributed by atoms with Crippen molar-refractivity contribution in [3.8, 4) is 11.5 Å². The Morgan fingerprint density at radius 3 is 2.08 bits per heavy atom. The van der Waals surface area contributed by atoms with Crippen LogP contribution in [0.1, 0.15) is 41.5 Å². The number of carboxylic acids is 2. The van der Waals surface area contributed by atoms with Crippen LogP contribution < -0.4 is 14.4 Å². The van der Waals surface area contributed by atoms with Crippen molar-refractivity contribution >= 4 is 17.6 Å². The second-order valence-corrected chi connectivity index (χ2v) is 9.32. The monoisotopic (exact) mass is 559 g/mol. The number of carbonyl (C=O) groups is 2. The van der Waals surface area contributed by atoms with Gasteiger partial charge in [-0.05, 0) is 66.1 Å². The van der Waals surface area contributed by atoms with E-state index in [4.69, 9.17) is 24.5 Å². The quantitative estimate of drug-likeness (QED) is 0.319. The molecule has 0 spiro atoms. The number of aryl methyl sites for hydroxylation is 2. The Bertz CT molecular complexity index is 1260. The Kier molecular flexibility index (Phi) is 10.8. The van der Waals surface area contributed by atoms with Crippen LogP contribution in [0.2, 0.25) is 0 Å². The van der Waals surface area contributed by atoms with Crippen LogP contribution in [0, 0.1) is 0 Å². The lowest BCUT2D eigenvalue weighted by Gasteiger charge is -2.25. The summed E-state index contributed by atoms with van der Waals surface area (Å²) in [6.45, 7) is 2.42. The number of rotatable bonds is 9. The van der Waals surface area contributed by atoms with Crippen molar-refractivity contribution in [3.05, 3.63) is 89.0 Å². The minimum absolute atomic E-state index is 0.142. The lowest BCUT2D eigenvalue weighted by atomic mass is 10.1. The van der Waals surface area contributed by atoms with Crippen LogP contribution in [0.5, 0.6) is 11.5 Å². The molecule has 0 saturated carbocycles. The number of hydrogen-bond acceptors (Lipinski definition) is 5. The number of hydrogen-bond donors (Lipinski definition) is 2. The average Bonchev–Trinajstić information content (AvgIpc) is 3.13. The number of ether oxygens (including phenoxy) is 2. The first kappa shape index (κ1) is 30.3. The molecule has 0 radical (unpaired) electrons.